The molecule has 1 unspecified atom stereocenters. The Morgan fingerprint density at radius 1 is 1.56 bits per heavy atom. The van der Waals surface area contributed by atoms with Crippen molar-refractivity contribution >= 4 is 0 Å². The van der Waals surface area contributed by atoms with E-state index in [0.717, 1.165) is 6.54 Å². The van der Waals surface area contributed by atoms with Crippen molar-refractivity contribution in [2.45, 2.75) is 13.3 Å². The SMILES string of the molecule is CC(CC#N)CN(C)C. The van der Waals surface area contributed by atoms with Crippen molar-refractivity contribution in [3.63, 3.8) is 0 Å². The average molecular weight is 126 g/mol. The molecule has 0 aliphatic rings. The quantitative estimate of drug-likeness (QED) is 0.566. The largest absolute Gasteiger partial charge is 0.309 e. The Labute approximate surface area is 57.1 Å². The van der Waals surface area contributed by atoms with Gasteiger partial charge in [-0.1, -0.05) is 6.92 Å². The Kier molecular flexibility index (Phi) is 4.08. The summed E-state index contributed by atoms with van der Waals surface area (Å²) < 4.78 is 0. The third-order valence-corrected chi connectivity index (χ3v) is 1.12. The molecule has 1 atom stereocenters. The topological polar surface area (TPSA) is 27.0 Å². The van der Waals surface area contributed by atoms with Gasteiger partial charge in [0.25, 0.3) is 0 Å². The van der Waals surface area contributed by atoms with Gasteiger partial charge >= 0.3 is 0 Å². The van der Waals surface area contributed by atoms with E-state index in [0.29, 0.717) is 12.3 Å². The molecule has 52 valence electrons. The van der Waals surface area contributed by atoms with E-state index in [-0.39, 0.29) is 0 Å². The summed E-state index contributed by atoms with van der Waals surface area (Å²) in [6.07, 6.45) is 0.665. The van der Waals surface area contributed by atoms with E-state index in [9.17, 15) is 0 Å². The Balaban J connectivity index is 3.29. The first kappa shape index (κ1) is 8.45. The van der Waals surface area contributed by atoms with E-state index < -0.39 is 0 Å². The van der Waals surface area contributed by atoms with E-state index in [1.807, 2.05) is 14.1 Å². The Hall–Kier alpha value is -0.550. The van der Waals surface area contributed by atoms with Gasteiger partial charge < -0.3 is 4.90 Å². The van der Waals surface area contributed by atoms with Crippen molar-refractivity contribution in [1.82, 2.24) is 4.90 Å². The van der Waals surface area contributed by atoms with E-state index in [2.05, 4.69) is 17.9 Å². The highest BCUT2D eigenvalue weighted by molar-refractivity contribution is 4.73. The molecule has 0 fully saturated rings. The lowest BCUT2D eigenvalue weighted by Gasteiger charge is -2.12. The monoisotopic (exact) mass is 126 g/mol. The molecule has 0 aliphatic heterocycles. The third-order valence-electron chi connectivity index (χ3n) is 1.12. The molecule has 0 heterocycles. The normalized spacial score (nSPS) is 13.2. The molecule has 0 bridgehead atoms. The Bertz CT molecular complexity index is 102. The fourth-order valence-corrected chi connectivity index (χ4v) is 0.844. The fourth-order valence-electron chi connectivity index (χ4n) is 0.844. The van der Waals surface area contributed by atoms with E-state index in [1.54, 1.807) is 0 Å². The van der Waals surface area contributed by atoms with Crippen LogP contribution in [0.15, 0.2) is 0 Å². The zero-order chi connectivity index (χ0) is 7.28. The maximum atomic E-state index is 8.28. The van der Waals surface area contributed by atoms with Crippen LogP contribution in [-0.4, -0.2) is 25.5 Å². The van der Waals surface area contributed by atoms with Crippen LogP contribution in [0, 0.1) is 17.2 Å². The molecule has 0 saturated carbocycles. The van der Waals surface area contributed by atoms with E-state index in [4.69, 9.17) is 5.26 Å². The lowest BCUT2D eigenvalue weighted by atomic mass is 10.1. The number of hydrogen-bond donors (Lipinski definition) is 0. The van der Waals surface area contributed by atoms with Gasteiger partial charge in [-0.3, -0.25) is 0 Å². The van der Waals surface area contributed by atoms with Crippen molar-refractivity contribution < 1.29 is 0 Å². The van der Waals surface area contributed by atoms with Crippen LogP contribution in [0.3, 0.4) is 0 Å². The number of nitrogens with zero attached hydrogens (tertiary/aromatic N) is 2. The van der Waals surface area contributed by atoms with Gasteiger partial charge in [-0.2, -0.15) is 5.26 Å². The summed E-state index contributed by atoms with van der Waals surface area (Å²) in [6.45, 7) is 3.09. The third kappa shape index (κ3) is 5.32. The predicted octanol–water partition coefficient (Wildman–Crippen LogP) is 1.10. The highest BCUT2D eigenvalue weighted by Gasteiger charge is 2.00. The van der Waals surface area contributed by atoms with Crippen molar-refractivity contribution in [3.05, 3.63) is 0 Å². The number of nitriles is 1. The molecular weight excluding hydrogens is 112 g/mol. The Morgan fingerprint density at radius 2 is 2.11 bits per heavy atom. The molecule has 0 rings (SSSR count). The Morgan fingerprint density at radius 3 is 2.44 bits per heavy atom. The minimum absolute atomic E-state index is 0.505. The second kappa shape index (κ2) is 4.34. The van der Waals surface area contributed by atoms with Crippen LogP contribution >= 0.6 is 0 Å². The number of rotatable bonds is 3. The smallest absolute Gasteiger partial charge is 0.0625 e. The number of hydrogen-bond acceptors (Lipinski definition) is 2. The standard InChI is InChI=1S/C7H14N2/c1-7(4-5-8)6-9(2)3/h7H,4,6H2,1-3H3. The van der Waals surface area contributed by atoms with Crippen molar-refractivity contribution in [2.75, 3.05) is 20.6 Å². The second-order valence-electron chi connectivity index (χ2n) is 2.73. The minimum Gasteiger partial charge on any atom is -0.309 e. The van der Waals surface area contributed by atoms with Crippen LogP contribution in [0.25, 0.3) is 0 Å². The first-order valence-electron chi connectivity index (χ1n) is 3.18. The van der Waals surface area contributed by atoms with Crippen LogP contribution in [0.2, 0.25) is 0 Å². The molecular formula is C7H14N2. The van der Waals surface area contributed by atoms with Gasteiger partial charge in [0.15, 0.2) is 0 Å². The van der Waals surface area contributed by atoms with Gasteiger partial charge in [-0.25, -0.2) is 0 Å². The van der Waals surface area contributed by atoms with Gasteiger partial charge in [0.05, 0.1) is 6.07 Å². The van der Waals surface area contributed by atoms with Crippen LogP contribution in [0.1, 0.15) is 13.3 Å². The predicted molar refractivity (Wildman–Crippen MR) is 37.9 cm³/mol. The van der Waals surface area contributed by atoms with Crippen molar-refractivity contribution in [1.29, 1.82) is 5.26 Å². The molecule has 2 nitrogen and oxygen atoms in total. The second-order valence-corrected chi connectivity index (χ2v) is 2.73. The molecule has 0 N–H and O–H groups in total. The van der Waals surface area contributed by atoms with Crippen LogP contribution in [0.4, 0.5) is 0 Å². The molecule has 9 heavy (non-hydrogen) atoms. The lowest BCUT2D eigenvalue weighted by Crippen LogP contribution is -2.19. The maximum Gasteiger partial charge on any atom is 0.0625 e. The van der Waals surface area contributed by atoms with E-state index in [1.165, 1.54) is 0 Å². The molecule has 0 aromatic heterocycles. The first-order chi connectivity index (χ1) is 4.16. The maximum absolute atomic E-state index is 8.28. The summed E-state index contributed by atoms with van der Waals surface area (Å²) in [4.78, 5) is 2.10. The zero-order valence-electron chi connectivity index (χ0n) is 6.39. The van der Waals surface area contributed by atoms with Crippen LogP contribution in [0.5, 0.6) is 0 Å². The average Bonchev–Trinajstić information content (AvgIpc) is 1.63. The lowest BCUT2D eigenvalue weighted by molar-refractivity contribution is 0.342. The zero-order valence-corrected chi connectivity index (χ0v) is 6.39. The summed E-state index contributed by atoms with van der Waals surface area (Å²) in [5.74, 6) is 0.505. The highest BCUT2D eigenvalue weighted by Crippen LogP contribution is 1.99. The summed E-state index contributed by atoms with van der Waals surface area (Å²) in [5, 5.41) is 8.28. The van der Waals surface area contributed by atoms with Gasteiger partial charge in [0.1, 0.15) is 0 Å². The summed E-state index contributed by atoms with van der Waals surface area (Å²) in [6, 6.07) is 2.15. The van der Waals surface area contributed by atoms with Gasteiger partial charge in [0.2, 0.25) is 0 Å². The van der Waals surface area contributed by atoms with Crippen molar-refractivity contribution in [2.24, 2.45) is 5.92 Å². The molecule has 0 aliphatic carbocycles. The van der Waals surface area contributed by atoms with E-state index >= 15 is 0 Å². The molecule has 0 aromatic rings. The molecule has 0 amide bonds. The fraction of sp³-hybridized carbons (Fsp3) is 0.857. The molecule has 2 heteroatoms. The first-order valence-corrected chi connectivity index (χ1v) is 3.18. The highest BCUT2D eigenvalue weighted by atomic mass is 15.1. The summed E-state index contributed by atoms with van der Waals surface area (Å²) in [7, 11) is 4.04. The molecule has 0 radical (unpaired) electrons. The van der Waals surface area contributed by atoms with Crippen LogP contribution < -0.4 is 0 Å². The summed E-state index contributed by atoms with van der Waals surface area (Å²) >= 11 is 0. The van der Waals surface area contributed by atoms with Crippen LogP contribution in [-0.2, 0) is 0 Å². The molecule has 0 aromatic carbocycles. The van der Waals surface area contributed by atoms with Crippen molar-refractivity contribution in [3.8, 4) is 6.07 Å². The van der Waals surface area contributed by atoms with Gasteiger partial charge in [-0.05, 0) is 20.0 Å². The molecule has 0 spiro atoms. The minimum atomic E-state index is 0.505. The van der Waals surface area contributed by atoms with Gasteiger partial charge in [-0.15, -0.1) is 0 Å². The van der Waals surface area contributed by atoms with Gasteiger partial charge in [0, 0.05) is 13.0 Å². The molecule has 0 saturated heterocycles. The summed E-state index contributed by atoms with van der Waals surface area (Å²) in [5.41, 5.74) is 0.